The van der Waals surface area contributed by atoms with E-state index in [0.29, 0.717) is 43.5 Å². The van der Waals surface area contributed by atoms with Crippen molar-refractivity contribution in [3.8, 4) is 35.3 Å². The minimum atomic E-state index is -1.05. The van der Waals surface area contributed by atoms with Crippen LogP contribution in [0.3, 0.4) is 0 Å². The Labute approximate surface area is 225 Å². The molecule has 0 fully saturated rings. The number of carboxylic acid groups (broad SMARTS) is 1. The van der Waals surface area contributed by atoms with E-state index in [1.807, 2.05) is 6.07 Å². The molecule has 3 heterocycles. The van der Waals surface area contributed by atoms with E-state index in [1.54, 1.807) is 48.8 Å². The zero-order chi connectivity index (χ0) is 27.0. The van der Waals surface area contributed by atoms with Gasteiger partial charge in [0, 0.05) is 33.3 Å². The van der Waals surface area contributed by atoms with Crippen molar-refractivity contribution in [2.45, 2.75) is 13.5 Å². The summed E-state index contributed by atoms with van der Waals surface area (Å²) in [5.41, 5.74) is 2.56. The largest absolute Gasteiger partial charge is 0.491 e. The first-order valence-corrected chi connectivity index (χ1v) is 12.5. The third kappa shape index (κ3) is 4.35. The number of nitrogens with zero attached hydrogens (tertiary/aromatic N) is 4. The van der Waals surface area contributed by atoms with Crippen molar-refractivity contribution in [2.75, 3.05) is 6.61 Å². The van der Waals surface area contributed by atoms with Crippen LogP contribution in [0, 0.1) is 30.6 Å². The van der Waals surface area contributed by atoms with Gasteiger partial charge in [0.05, 0.1) is 38.8 Å². The first kappa shape index (κ1) is 25.0. The summed E-state index contributed by atoms with van der Waals surface area (Å²) in [5.74, 6) is 2.38. The van der Waals surface area contributed by atoms with Crippen molar-refractivity contribution in [3.05, 3.63) is 85.9 Å². The number of carboxylic acids is 1. The minimum absolute atomic E-state index is 0.117. The molecule has 8 nitrogen and oxygen atoms in total. The topological polar surface area (TPSA) is 118 Å². The SMILES string of the molecule is C#Cc1cc(C#N)c2c(=O)n(CCOc3ccc(Cl)cc3-c3ccnc4c(C(=O)O)csc34)c(C)nc2c1. The molecule has 3 aromatic heterocycles. The molecule has 186 valence electrons. The first-order valence-electron chi connectivity index (χ1n) is 11.3. The van der Waals surface area contributed by atoms with Gasteiger partial charge in [0.15, 0.2) is 0 Å². The summed E-state index contributed by atoms with van der Waals surface area (Å²) in [5, 5.41) is 21.3. The molecule has 0 saturated heterocycles. The highest BCUT2D eigenvalue weighted by Gasteiger charge is 2.18. The molecule has 0 atom stereocenters. The van der Waals surface area contributed by atoms with Crippen LogP contribution in [-0.4, -0.2) is 32.2 Å². The van der Waals surface area contributed by atoms with E-state index in [-0.39, 0.29) is 35.2 Å². The monoisotopic (exact) mass is 540 g/mol. The Morgan fingerprint density at radius 1 is 1.26 bits per heavy atom. The molecule has 0 aliphatic heterocycles. The molecule has 0 amide bonds. The fourth-order valence-corrected chi connectivity index (χ4v) is 5.47. The number of fused-ring (bicyclic) bond motifs is 2. The molecule has 5 rings (SSSR count). The Balaban J connectivity index is 1.49. The van der Waals surface area contributed by atoms with Crippen LogP contribution in [0.4, 0.5) is 0 Å². The Kier molecular flexibility index (Phi) is 6.56. The van der Waals surface area contributed by atoms with Gasteiger partial charge in [-0.25, -0.2) is 9.78 Å². The summed E-state index contributed by atoms with van der Waals surface area (Å²) in [6.07, 6.45) is 7.02. The van der Waals surface area contributed by atoms with Crippen LogP contribution in [0.15, 0.2) is 52.8 Å². The van der Waals surface area contributed by atoms with E-state index in [2.05, 4.69) is 15.9 Å². The number of aromatic nitrogens is 3. The Morgan fingerprint density at radius 3 is 2.82 bits per heavy atom. The highest BCUT2D eigenvalue weighted by atomic mass is 35.5. The van der Waals surface area contributed by atoms with E-state index in [1.165, 1.54) is 22.0 Å². The number of terminal acetylenes is 1. The van der Waals surface area contributed by atoms with Gasteiger partial charge in [0.25, 0.3) is 5.56 Å². The average Bonchev–Trinajstić information content (AvgIpc) is 3.35. The zero-order valence-corrected chi connectivity index (χ0v) is 21.4. The van der Waals surface area contributed by atoms with Crippen molar-refractivity contribution in [3.63, 3.8) is 0 Å². The molecule has 2 aromatic carbocycles. The molecule has 0 radical (unpaired) electrons. The predicted molar refractivity (Wildman–Crippen MR) is 146 cm³/mol. The average molecular weight is 541 g/mol. The van der Waals surface area contributed by atoms with Gasteiger partial charge in [-0.2, -0.15) is 5.26 Å². The lowest BCUT2D eigenvalue weighted by molar-refractivity contribution is 0.0699. The first-order chi connectivity index (χ1) is 18.3. The number of benzene rings is 2. The number of carbonyl (C=O) groups is 1. The number of aryl methyl sites for hydroxylation is 1. The molecular weight excluding hydrogens is 524 g/mol. The van der Waals surface area contributed by atoms with Crippen LogP contribution in [0.5, 0.6) is 5.75 Å². The van der Waals surface area contributed by atoms with Crippen LogP contribution in [-0.2, 0) is 6.54 Å². The van der Waals surface area contributed by atoms with Crippen LogP contribution >= 0.6 is 22.9 Å². The van der Waals surface area contributed by atoms with E-state index in [4.69, 9.17) is 22.8 Å². The van der Waals surface area contributed by atoms with E-state index < -0.39 is 5.97 Å². The second-order valence-electron chi connectivity index (χ2n) is 8.27. The fraction of sp³-hybridized carbons (Fsp3) is 0.107. The lowest BCUT2D eigenvalue weighted by Gasteiger charge is -2.15. The summed E-state index contributed by atoms with van der Waals surface area (Å²) < 4.78 is 8.25. The van der Waals surface area contributed by atoms with Crippen molar-refractivity contribution in [1.82, 2.24) is 14.5 Å². The molecule has 0 bridgehead atoms. The quantitative estimate of drug-likeness (QED) is 0.292. The summed E-state index contributed by atoms with van der Waals surface area (Å²) in [7, 11) is 0. The third-order valence-electron chi connectivity index (χ3n) is 6.03. The van der Waals surface area contributed by atoms with Crippen LogP contribution in [0.2, 0.25) is 5.02 Å². The molecule has 0 unspecified atom stereocenters. The summed E-state index contributed by atoms with van der Waals surface area (Å²) >= 11 is 7.57. The maximum absolute atomic E-state index is 13.3. The minimum Gasteiger partial charge on any atom is -0.491 e. The van der Waals surface area contributed by atoms with Crippen molar-refractivity contribution < 1.29 is 14.6 Å². The molecule has 1 N–H and O–H groups in total. The van der Waals surface area contributed by atoms with Crippen LogP contribution < -0.4 is 10.3 Å². The number of thiophene rings is 1. The van der Waals surface area contributed by atoms with Crippen molar-refractivity contribution in [2.24, 2.45) is 0 Å². The van der Waals surface area contributed by atoms with Gasteiger partial charge >= 0.3 is 5.97 Å². The fourth-order valence-electron chi connectivity index (χ4n) is 4.27. The molecule has 0 spiro atoms. The van der Waals surface area contributed by atoms with Crippen molar-refractivity contribution >= 4 is 50.0 Å². The van der Waals surface area contributed by atoms with Crippen LogP contribution in [0.1, 0.15) is 27.3 Å². The molecule has 10 heteroatoms. The lowest BCUT2D eigenvalue weighted by Crippen LogP contribution is -2.27. The molecule has 0 aliphatic rings. The van der Waals surface area contributed by atoms with Gasteiger partial charge in [-0.1, -0.05) is 17.5 Å². The van der Waals surface area contributed by atoms with E-state index in [0.717, 1.165) is 5.56 Å². The predicted octanol–water partition coefficient (Wildman–Crippen LogP) is 5.27. The molecule has 0 saturated carbocycles. The second kappa shape index (κ2) is 9.98. The molecule has 0 aliphatic carbocycles. The maximum Gasteiger partial charge on any atom is 0.338 e. The number of pyridine rings is 1. The highest BCUT2D eigenvalue weighted by molar-refractivity contribution is 7.18. The van der Waals surface area contributed by atoms with Crippen LogP contribution in [0.25, 0.3) is 32.2 Å². The van der Waals surface area contributed by atoms with Gasteiger partial charge in [0.2, 0.25) is 0 Å². The molecule has 38 heavy (non-hydrogen) atoms. The number of hydrogen-bond donors (Lipinski definition) is 1. The number of nitriles is 1. The maximum atomic E-state index is 13.3. The summed E-state index contributed by atoms with van der Waals surface area (Å²) in [6, 6.07) is 12.1. The number of hydrogen-bond acceptors (Lipinski definition) is 7. The van der Waals surface area contributed by atoms with E-state index in [9.17, 15) is 20.0 Å². The number of aromatic carboxylic acids is 1. The van der Waals surface area contributed by atoms with Gasteiger partial charge in [-0.15, -0.1) is 17.8 Å². The van der Waals surface area contributed by atoms with Gasteiger partial charge in [-0.05, 0) is 43.3 Å². The van der Waals surface area contributed by atoms with Crippen molar-refractivity contribution in [1.29, 1.82) is 5.26 Å². The third-order valence-corrected chi connectivity index (χ3v) is 7.26. The number of halogens is 1. The number of ether oxygens (including phenoxy) is 1. The standard InChI is InChI=1S/C28H17ClN4O4S/c1-3-16-10-17(13-30)24-22(11-16)32-15(2)33(27(24)34)8-9-37-23-5-4-18(29)12-20(23)19-6-7-31-25-21(28(35)36)14-38-26(19)25/h1,4-7,10-12,14H,8-9H2,2H3,(H,35,36). The summed E-state index contributed by atoms with van der Waals surface area (Å²) in [4.78, 5) is 33.6. The van der Waals surface area contributed by atoms with Gasteiger partial charge in [-0.3, -0.25) is 14.3 Å². The Morgan fingerprint density at radius 2 is 2.08 bits per heavy atom. The summed E-state index contributed by atoms with van der Waals surface area (Å²) in [6.45, 7) is 1.99. The van der Waals surface area contributed by atoms with Gasteiger partial charge in [0.1, 0.15) is 24.3 Å². The van der Waals surface area contributed by atoms with Gasteiger partial charge < -0.3 is 9.84 Å². The lowest BCUT2D eigenvalue weighted by atomic mass is 10.0. The normalized spacial score (nSPS) is 10.8. The molecule has 5 aromatic rings. The molecular formula is C28H17ClN4O4S. The zero-order valence-electron chi connectivity index (χ0n) is 19.9. The Hall–Kier alpha value is -4.70. The second-order valence-corrected chi connectivity index (χ2v) is 9.59. The van der Waals surface area contributed by atoms with E-state index >= 15 is 0 Å². The smallest absolute Gasteiger partial charge is 0.338 e. The Bertz CT molecular complexity index is 1910. The number of rotatable bonds is 6. The highest BCUT2D eigenvalue weighted by Crippen LogP contribution is 2.39.